The van der Waals surface area contributed by atoms with Gasteiger partial charge in [-0.05, 0) is 91.8 Å². The molecule has 0 saturated carbocycles. The first kappa shape index (κ1) is 12.0. The second kappa shape index (κ2) is 3.76. The maximum absolute atomic E-state index is 6.09. The summed E-state index contributed by atoms with van der Waals surface area (Å²) in [5, 5.41) is 2.70. The number of hydrogen-bond donors (Lipinski definition) is 1. The monoisotopic (exact) mass is 227 g/mol. The first-order valence-electron chi connectivity index (χ1n) is 6.12. The summed E-state index contributed by atoms with van der Waals surface area (Å²) in [5.74, 6) is 0. The molecule has 0 atom stereocenters. The second-order valence-electron chi connectivity index (χ2n) is 5.14. The SMILES string of the molecule is Cc1c(C)c(C)c2c(C)c(C)c(N)cc2c1C. The van der Waals surface area contributed by atoms with E-state index in [2.05, 4.69) is 47.6 Å². The highest BCUT2D eigenvalue weighted by Crippen LogP contribution is 2.34. The van der Waals surface area contributed by atoms with Gasteiger partial charge in [-0.2, -0.15) is 0 Å². The summed E-state index contributed by atoms with van der Waals surface area (Å²) in [4.78, 5) is 0. The van der Waals surface area contributed by atoms with Gasteiger partial charge in [-0.25, -0.2) is 0 Å². The van der Waals surface area contributed by atoms with Crippen molar-refractivity contribution < 1.29 is 0 Å². The largest absolute Gasteiger partial charge is 0.398 e. The van der Waals surface area contributed by atoms with E-state index < -0.39 is 0 Å². The van der Waals surface area contributed by atoms with Crippen LogP contribution in [0.3, 0.4) is 0 Å². The number of nitrogen functional groups attached to an aromatic ring is 1. The van der Waals surface area contributed by atoms with Crippen LogP contribution in [0.2, 0.25) is 0 Å². The van der Waals surface area contributed by atoms with Gasteiger partial charge in [0.2, 0.25) is 0 Å². The molecule has 0 aliphatic rings. The zero-order chi connectivity index (χ0) is 12.9. The number of benzene rings is 2. The van der Waals surface area contributed by atoms with Gasteiger partial charge in [0.1, 0.15) is 0 Å². The molecule has 0 radical (unpaired) electrons. The van der Waals surface area contributed by atoms with E-state index in [0.29, 0.717) is 0 Å². The van der Waals surface area contributed by atoms with Crippen molar-refractivity contribution in [1.82, 2.24) is 0 Å². The minimum Gasteiger partial charge on any atom is -0.398 e. The van der Waals surface area contributed by atoms with E-state index in [1.165, 1.54) is 44.2 Å². The van der Waals surface area contributed by atoms with Gasteiger partial charge in [0.15, 0.2) is 0 Å². The molecule has 0 aliphatic heterocycles. The molecule has 0 fully saturated rings. The molecule has 2 rings (SSSR count). The fourth-order valence-electron chi connectivity index (χ4n) is 2.67. The molecule has 2 aromatic rings. The van der Waals surface area contributed by atoms with Crippen molar-refractivity contribution in [3.05, 3.63) is 39.4 Å². The average Bonchev–Trinajstić information content (AvgIpc) is 2.30. The molecule has 0 saturated heterocycles. The molecule has 17 heavy (non-hydrogen) atoms. The quantitative estimate of drug-likeness (QED) is 0.668. The molecule has 0 amide bonds. The summed E-state index contributed by atoms with van der Waals surface area (Å²) in [7, 11) is 0. The highest BCUT2D eigenvalue weighted by molar-refractivity contribution is 5.96. The number of rotatable bonds is 0. The van der Waals surface area contributed by atoms with Gasteiger partial charge in [-0.15, -0.1) is 0 Å². The van der Waals surface area contributed by atoms with Crippen molar-refractivity contribution in [3.8, 4) is 0 Å². The Balaban J connectivity index is 3.12. The lowest BCUT2D eigenvalue weighted by atomic mass is 9.87. The number of hydrogen-bond acceptors (Lipinski definition) is 1. The summed E-state index contributed by atoms with van der Waals surface area (Å²) < 4.78 is 0. The minimum absolute atomic E-state index is 0.903. The molecular formula is C16H21N. The Hall–Kier alpha value is -1.50. The summed E-state index contributed by atoms with van der Waals surface area (Å²) >= 11 is 0. The standard InChI is InChI=1S/C16H21N/c1-8-9(2)12(5)16-13(6)11(4)15(17)7-14(16)10(8)3/h7H,17H2,1-6H3. The first-order valence-corrected chi connectivity index (χ1v) is 6.12. The Morgan fingerprint density at radius 2 is 1.12 bits per heavy atom. The van der Waals surface area contributed by atoms with Gasteiger partial charge in [0, 0.05) is 5.69 Å². The molecule has 0 unspecified atom stereocenters. The molecule has 2 aromatic carbocycles. The fraction of sp³-hybridized carbons (Fsp3) is 0.375. The normalized spacial score (nSPS) is 11.2. The number of nitrogens with two attached hydrogens (primary N) is 1. The van der Waals surface area contributed by atoms with E-state index in [9.17, 15) is 0 Å². The molecule has 1 nitrogen and oxygen atoms in total. The van der Waals surface area contributed by atoms with Gasteiger partial charge in [-0.3, -0.25) is 0 Å². The van der Waals surface area contributed by atoms with E-state index in [1.807, 2.05) is 0 Å². The summed E-state index contributed by atoms with van der Waals surface area (Å²) in [6.45, 7) is 13.1. The van der Waals surface area contributed by atoms with Crippen molar-refractivity contribution in [3.63, 3.8) is 0 Å². The van der Waals surface area contributed by atoms with Crippen LogP contribution in [0.4, 0.5) is 5.69 Å². The molecule has 0 aromatic heterocycles. The van der Waals surface area contributed by atoms with Crippen molar-refractivity contribution in [1.29, 1.82) is 0 Å². The molecular weight excluding hydrogens is 206 g/mol. The molecule has 2 N–H and O–H groups in total. The molecule has 0 spiro atoms. The lowest BCUT2D eigenvalue weighted by Crippen LogP contribution is -2.00. The third-order valence-electron chi connectivity index (χ3n) is 4.41. The number of fused-ring (bicyclic) bond motifs is 1. The van der Waals surface area contributed by atoms with E-state index in [0.717, 1.165) is 5.69 Å². The third kappa shape index (κ3) is 1.53. The Labute approximate surface area is 104 Å². The number of aryl methyl sites for hydroxylation is 3. The van der Waals surface area contributed by atoms with Crippen LogP contribution in [0.5, 0.6) is 0 Å². The minimum atomic E-state index is 0.903. The lowest BCUT2D eigenvalue weighted by Gasteiger charge is -2.18. The van der Waals surface area contributed by atoms with Crippen LogP contribution in [0.25, 0.3) is 10.8 Å². The Bertz CT molecular complexity index is 613. The van der Waals surface area contributed by atoms with Gasteiger partial charge < -0.3 is 5.73 Å². The predicted molar refractivity (Wildman–Crippen MR) is 76.8 cm³/mol. The van der Waals surface area contributed by atoms with E-state index in [-0.39, 0.29) is 0 Å². The van der Waals surface area contributed by atoms with Crippen molar-refractivity contribution in [2.24, 2.45) is 0 Å². The van der Waals surface area contributed by atoms with Crippen LogP contribution >= 0.6 is 0 Å². The zero-order valence-corrected chi connectivity index (χ0v) is 11.7. The Kier molecular flexibility index (Phi) is 2.65. The molecule has 0 heterocycles. The van der Waals surface area contributed by atoms with E-state index >= 15 is 0 Å². The zero-order valence-electron chi connectivity index (χ0n) is 11.7. The van der Waals surface area contributed by atoms with Gasteiger partial charge >= 0.3 is 0 Å². The smallest absolute Gasteiger partial charge is 0.0352 e. The molecule has 0 bridgehead atoms. The Morgan fingerprint density at radius 3 is 1.71 bits per heavy atom. The summed E-state index contributed by atoms with van der Waals surface area (Å²) in [6.07, 6.45) is 0. The van der Waals surface area contributed by atoms with Gasteiger partial charge in [0.05, 0.1) is 0 Å². The fourth-order valence-corrected chi connectivity index (χ4v) is 2.67. The predicted octanol–water partition coefficient (Wildman–Crippen LogP) is 4.27. The van der Waals surface area contributed by atoms with Gasteiger partial charge in [-0.1, -0.05) is 0 Å². The van der Waals surface area contributed by atoms with Crippen molar-refractivity contribution in [2.45, 2.75) is 41.5 Å². The first-order chi connectivity index (χ1) is 7.86. The van der Waals surface area contributed by atoms with Gasteiger partial charge in [0.25, 0.3) is 0 Å². The van der Waals surface area contributed by atoms with Crippen molar-refractivity contribution in [2.75, 3.05) is 5.73 Å². The molecule has 0 aliphatic carbocycles. The third-order valence-corrected chi connectivity index (χ3v) is 4.41. The van der Waals surface area contributed by atoms with Crippen LogP contribution in [0.15, 0.2) is 6.07 Å². The van der Waals surface area contributed by atoms with Crippen LogP contribution in [0, 0.1) is 41.5 Å². The van der Waals surface area contributed by atoms with Crippen LogP contribution < -0.4 is 5.73 Å². The van der Waals surface area contributed by atoms with Crippen LogP contribution in [-0.4, -0.2) is 0 Å². The van der Waals surface area contributed by atoms with E-state index in [1.54, 1.807) is 0 Å². The van der Waals surface area contributed by atoms with Crippen molar-refractivity contribution >= 4 is 16.5 Å². The maximum atomic E-state index is 6.09. The topological polar surface area (TPSA) is 26.0 Å². The maximum Gasteiger partial charge on any atom is 0.0352 e. The lowest BCUT2D eigenvalue weighted by molar-refractivity contribution is 1.24. The highest BCUT2D eigenvalue weighted by Gasteiger charge is 2.13. The van der Waals surface area contributed by atoms with E-state index in [4.69, 9.17) is 5.73 Å². The van der Waals surface area contributed by atoms with Crippen LogP contribution in [-0.2, 0) is 0 Å². The second-order valence-corrected chi connectivity index (χ2v) is 5.14. The molecule has 90 valence electrons. The molecule has 1 heteroatoms. The summed E-state index contributed by atoms with van der Waals surface area (Å²) in [5.41, 5.74) is 15.1. The Morgan fingerprint density at radius 1 is 0.647 bits per heavy atom. The average molecular weight is 227 g/mol. The number of anilines is 1. The highest BCUT2D eigenvalue weighted by atomic mass is 14.6. The summed E-state index contributed by atoms with van der Waals surface area (Å²) in [6, 6.07) is 2.13. The van der Waals surface area contributed by atoms with Crippen LogP contribution in [0.1, 0.15) is 33.4 Å².